The van der Waals surface area contributed by atoms with Gasteiger partial charge in [-0.1, -0.05) is 29.8 Å². The minimum Gasteiger partial charge on any atom is -0.486 e. The van der Waals surface area contributed by atoms with Crippen LogP contribution in [0.1, 0.15) is 24.1 Å². The lowest BCUT2D eigenvalue weighted by Crippen LogP contribution is -2.28. The molecule has 1 aliphatic rings. The van der Waals surface area contributed by atoms with E-state index < -0.39 is 0 Å². The molecule has 0 saturated heterocycles. The molecule has 4 nitrogen and oxygen atoms in total. The van der Waals surface area contributed by atoms with Crippen LogP contribution < -0.4 is 14.8 Å². The number of nitrogens with one attached hydrogen (secondary N) is 1. The average molecular weight is 332 g/mol. The minimum atomic E-state index is -0.0722. The summed E-state index contributed by atoms with van der Waals surface area (Å²) in [5, 5.41) is 3.67. The molecule has 120 valence electrons. The molecule has 1 amide bonds. The van der Waals surface area contributed by atoms with Crippen molar-refractivity contribution in [2.75, 3.05) is 13.2 Å². The van der Waals surface area contributed by atoms with E-state index in [-0.39, 0.29) is 11.9 Å². The van der Waals surface area contributed by atoms with E-state index in [4.69, 9.17) is 21.1 Å². The number of fused-ring (bicyclic) bond motifs is 1. The highest BCUT2D eigenvalue weighted by molar-refractivity contribution is 6.30. The SMILES string of the molecule is C[C@H](NC(=O)Cc1ccc2c(c1)OCCO2)c1ccc(Cl)cc1. The van der Waals surface area contributed by atoms with Gasteiger partial charge in [-0.2, -0.15) is 0 Å². The molecule has 1 N–H and O–H groups in total. The molecular weight excluding hydrogens is 314 g/mol. The van der Waals surface area contributed by atoms with Crippen LogP contribution in [-0.2, 0) is 11.2 Å². The van der Waals surface area contributed by atoms with Crippen LogP contribution in [-0.4, -0.2) is 19.1 Å². The number of ether oxygens (including phenoxy) is 2. The smallest absolute Gasteiger partial charge is 0.224 e. The van der Waals surface area contributed by atoms with Gasteiger partial charge in [0.2, 0.25) is 5.91 Å². The van der Waals surface area contributed by atoms with Gasteiger partial charge in [-0.25, -0.2) is 0 Å². The van der Waals surface area contributed by atoms with Crippen molar-refractivity contribution in [1.82, 2.24) is 5.32 Å². The zero-order valence-electron chi connectivity index (χ0n) is 12.8. The second-order valence-corrected chi connectivity index (χ2v) is 5.93. The molecule has 0 saturated carbocycles. The Morgan fingerprint density at radius 1 is 1.13 bits per heavy atom. The maximum absolute atomic E-state index is 12.2. The largest absolute Gasteiger partial charge is 0.486 e. The lowest BCUT2D eigenvalue weighted by Gasteiger charge is -2.19. The van der Waals surface area contributed by atoms with E-state index in [2.05, 4.69) is 5.32 Å². The van der Waals surface area contributed by atoms with Crippen LogP contribution in [0.3, 0.4) is 0 Å². The number of carbonyl (C=O) groups is 1. The quantitative estimate of drug-likeness (QED) is 0.932. The molecule has 0 spiro atoms. The first kappa shape index (κ1) is 15.7. The van der Waals surface area contributed by atoms with Crippen molar-refractivity contribution in [2.45, 2.75) is 19.4 Å². The molecule has 0 fully saturated rings. The maximum atomic E-state index is 12.2. The summed E-state index contributed by atoms with van der Waals surface area (Å²) >= 11 is 5.88. The van der Waals surface area contributed by atoms with E-state index in [1.165, 1.54) is 0 Å². The van der Waals surface area contributed by atoms with E-state index in [1.54, 1.807) is 0 Å². The summed E-state index contributed by atoms with van der Waals surface area (Å²) in [5.41, 5.74) is 1.92. The Kier molecular flexibility index (Phi) is 4.72. The van der Waals surface area contributed by atoms with Crippen molar-refractivity contribution in [3.63, 3.8) is 0 Å². The third-order valence-corrected chi connectivity index (χ3v) is 3.97. The normalized spacial score (nSPS) is 14.2. The molecule has 0 bridgehead atoms. The standard InChI is InChI=1S/C18H18ClNO3/c1-12(14-3-5-15(19)6-4-14)20-18(21)11-13-2-7-16-17(10-13)23-9-8-22-16/h2-7,10,12H,8-9,11H2,1H3,(H,20,21)/t12-/m0/s1. The van der Waals surface area contributed by atoms with E-state index in [0.29, 0.717) is 30.4 Å². The first-order chi connectivity index (χ1) is 11.1. The van der Waals surface area contributed by atoms with Crippen LogP contribution in [0.5, 0.6) is 11.5 Å². The monoisotopic (exact) mass is 331 g/mol. The second kappa shape index (κ2) is 6.92. The summed E-state index contributed by atoms with van der Waals surface area (Å²) < 4.78 is 11.0. The maximum Gasteiger partial charge on any atom is 0.224 e. The third kappa shape index (κ3) is 3.96. The molecule has 0 radical (unpaired) electrons. The van der Waals surface area contributed by atoms with Crippen molar-refractivity contribution < 1.29 is 14.3 Å². The summed E-state index contributed by atoms with van der Waals surface area (Å²) in [7, 11) is 0. The van der Waals surface area contributed by atoms with Crippen LogP contribution in [0.25, 0.3) is 0 Å². The van der Waals surface area contributed by atoms with Gasteiger partial charge in [-0.3, -0.25) is 4.79 Å². The first-order valence-corrected chi connectivity index (χ1v) is 7.93. The molecule has 0 aliphatic carbocycles. The number of carbonyl (C=O) groups excluding carboxylic acids is 1. The van der Waals surface area contributed by atoms with E-state index in [9.17, 15) is 4.79 Å². The van der Waals surface area contributed by atoms with Gasteiger partial charge in [0.1, 0.15) is 13.2 Å². The highest BCUT2D eigenvalue weighted by Crippen LogP contribution is 2.30. The van der Waals surface area contributed by atoms with Gasteiger partial charge in [-0.15, -0.1) is 0 Å². The lowest BCUT2D eigenvalue weighted by molar-refractivity contribution is -0.121. The fourth-order valence-electron chi connectivity index (χ4n) is 2.51. The van der Waals surface area contributed by atoms with Gasteiger partial charge in [0.25, 0.3) is 0 Å². The van der Waals surface area contributed by atoms with E-state index >= 15 is 0 Å². The Hall–Kier alpha value is -2.20. The van der Waals surface area contributed by atoms with Crippen molar-refractivity contribution in [1.29, 1.82) is 0 Å². The molecule has 3 rings (SSSR count). The van der Waals surface area contributed by atoms with E-state index in [0.717, 1.165) is 16.9 Å². The molecule has 1 aliphatic heterocycles. The molecule has 1 atom stereocenters. The van der Waals surface area contributed by atoms with Gasteiger partial charge >= 0.3 is 0 Å². The molecule has 0 aromatic heterocycles. The fourth-order valence-corrected chi connectivity index (χ4v) is 2.64. The number of hydrogen-bond donors (Lipinski definition) is 1. The molecule has 0 unspecified atom stereocenters. The van der Waals surface area contributed by atoms with Gasteiger partial charge < -0.3 is 14.8 Å². The number of rotatable bonds is 4. The zero-order chi connectivity index (χ0) is 16.2. The predicted octanol–water partition coefficient (Wildman–Crippen LogP) is 3.53. The summed E-state index contributed by atoms with van der Waals surface area (Å²) in [6.07, 6.45) is 0.300. The van der Waals surface area contributed by atoms with Crippen molar-refractivity contribution in [3.8, 4) is 11.5 Å². The Morgan fingerprint density at radius 2 is 1.83 bits per heavy atom. The molecule has 2 aromatic rings. The van der Waals surface area contributed by atoms with Crippen LogP contribution in [0.2, 0.25) is 5.02 Å². The molecule has 5 heteroatoms. The summed E-state index contributed by atoms with van der Waals surface area (Å²) in [6.45, 7) is 3.05. The summed E-state index contributed by atoms with van der Waals surface area (Å²) in [4.78, 5) is 12.2. The van der Waals surface area contributed by atoms with Gasteiger partial charge in [0.15, 0.2) is 11.5 Å². The van der Waals surface area contributed by atoms with Gasteiger partial charge in [0, 0.05) is 5.02 Å². The second-order valence-electron chi connectivity index (χ2n) is 5.50. The van der Waals surface area contributed by atoms with Crippen molar-refractivity contribution in [2.24, 2.45) is 0 Å². The van der Waals surface area contributed by atoms with Crippen LogP contribution >= 0.6 is 11.6 Å². The summed E-state index contributed by atoms with van der Waals surface area (Å²) in [6, 6.07) is 13.0. The predicted molar refractivity (Wildman–Crippen MR) is 89.1 cm³/mol. The Balaban J connectivity index is 1.61. The highest BCUT2D eigenvalue weighted by atomic mass is 35.5. The average Bonchev–Trinajstić information content (AvgIpc) is 2.55. The summed E-state index contributed by atoms with van der Waals surface area (Å²) in [5.74, 6) is 1.39. The van der Waals surface area contributed by atoms with Crippen molar-refractivity contribution in [3.05, 3.63) is 58.6 Å². The zero-order valence-corrected chi connectivity index (χ0v) is 13.6. The fraction of sp³-hybridized carbons (Fsp3) is 0.278. The number of benzene rings is 2. The molecule has 1 heterocycles. The topological polar surface area (TPSA) is 47.6 Å². The minimum absolute atomic E-state index is 0.0378. The number of amides is 1. The Morgan fingerprint density at radius 3 is 2.57 bits per heavy atom. The highest BCUT2D eigenvalue weighted by Gasteiger charge is 2.14. The molecule has 2 aromatic carbocycles. The van der Waals surface area contributed by atoms with Gasteiger partial charge in [-0.05, 0) is 42.3 Å². The Labute approximate surface area is 140 Å². The van der Waals surface area contributed by atoms with E-state index in [1.807, 2.05) is 49.4 Å². The number of hydrogen-bond acceptors (Lipinski definition) is 3. The molecule has 23 heavy (non-hydrogen) atoms. The molecular formula is C18H18ClNO3. The van der Waals surface area contributed by atoms with Crippen molar-refractivity contribution >= 4 is 17.5 Å². The first-order valence-electron chi connectivity index (χ1n) is 7.55. The number of halogens is 1. The van der Waals surface area contributed by atoms with Crippen LogP contribution in [0.4, 0.5) is 0 Å². The lowest BCUT2D eigenvalue weighted by atomic mass is 10.1. The van der Waals surface area contributed by atoms with Gasteiger partial charge in [0.05, 0.1) is 12.5 Å². The van der Waals surface area contributed by atoms with Crippen LogP contribution in [0.15, 0.2) is 42.5 Å². The Bertz CT molecular complexity index is 700. The third-order valence-electron chi connectivity index (χ3n) is 3.72. The van der Waals surface area contributed by atoms with Crippen LogP contribution in [0, 0.1) is 0 Å².